The SMILES string of the molecule is CCCCCCOc1ccc2c(oc3c(F)c([C@H](O)CC)ccc32)c1F. The molecule has 1 atom stereocenters. The second-order valence-electron chi connectivity index (χ2n) is 6.54. The lowest BCUT2D eigenvalue weighted by Gasteiger charge is -2.08. The van der Waals surface area contributed by atoms with Gasteiger partial charge in [-0.1, -0.05) is 39.2 Å². The Hall–Kier alpha value is -2.14. The van der Waals surface area contributed by atoms with Crippen LogP contribution in [0.3, 0.4) is 0 Å². The fourth-order valence-electron chi connectivity index (χ4n) is 3.13. The summed E-state index contributed by atoms with van der Waals surface area (Å²) in [6.07, 6.45) is 3.61. The maximum absolute atomic E-state index is 14.7. The summed E-state index contributed by atoms with van der Waals surface area (Å²) in [6.45, 7) is 4.32. The van der Waals surface area contributed by atoms with Crippen molar-refractivity contribution in [1.82, 2.24) is 0 Å². The Morgan fingerprint density at radius 3 is 2.35 bits per heavy atom. The maximum atomic E-state index is 14.7. The van der Waals surface area contributed by atoms with Crippen LogP contribution in [0.4, 0.5) is 8.78 Å². The Labute approximate surface area is 151 Å². The molecule has 1 N–H and O–H groups in total. The minimum Gasteiger partial charge on any atom is -0.490 e. The van der Waals surface area contributed by atoms with Gasteiger partial charge in [0.2, 0.25) is 5.82 Å². The van der Waals surface area contributed by atoms with Crippen LogP contribution in [0.1, 0.15) is 57.6 Å². The predicted molar refractivity (Wildman–Crippen MR) is 98.5 cm³/mol. The Bertz CT molecular complexity index is 901. The van der Waals surface area contributed by atoms with Crippen molar-refractivity contribution in [2.24, 2.45) is 0 Å². The summed E-state index contributed by atoms with van der Waals surface area (Å²) in [5.41, 5.74) is 0.101. The molecule has 26 heavy (non-hydrogen) atoms. The van der Waals surface area contributed by atoms with Crippen molar-refractivity contribution in [3.63, 3.8) is 0 Å². The normalized spacial score (nSPS) is 12.8. The van der Waals surface area contributed by atoms with E-state index in [-0.39, 0.29) is 22.5 Å². The molecule has 0 saturated carbocycles. The molecule has 0 amide bonds. The number of benzene rings is 2. The molecule has 0 spiro atoms. The topological polar surface area (TPSA) is 42.6 Å². The molecule has 2 aromatic carbocycles. The molecule has 3 aromatic rings. The molecular formula is C21H24F2O3. The van der Waals surface area contributed by atoms with E-state index in [2.05, 4.69) is 6.92 Å². The predicted octanol–water partition coefficient (Wildman–Crippen LogP) is 6.27. The first-order valence-corrected chi connectivity index (χ1v) is 9.22. The number of aliphatic hydroxyl groups is 1. The lowest BCUT2D eigenvalue weighted by Crippen LogP contribution is -1.99. The first kappa shape index (κ1) is 18.6. The average Bonchev–Trinajstić information content (AvgIpc) is 3.03. The van der Waals surface area contributed by atoms with E-state index >= 15 is 0 Å². The Kier molecular flexibility index (Phi) is 5.77. The molecule has 0 aliphatic heterocycles. The van der Waals surface area contributed by atoms with Crippen LogP contribution in [0.5, 0.6) is 5.75 Å². The summed E-state index contributed by atoms with van der Waals surface area (Å²) in [5.74, 6) is -1.15. The molecule has 3 rings (SSSR count). The average molecular weight is 362 g/mol. The van der Waals surface area contributed by atoms with Gasteiger partial charge in [0, 0.05) is 16.3 Å². The van der Waals surface area contributed by atoms with Crippen LogP contribution in [0.2, 0.25) is 0 Å². The number of unbranched alkanes of at least 4 members (excludes halogenated alkanes) is 3. The van der Waals surface area contributed by atoms with Gasteiger partial charge in [0.05, 0.1) is 12.7 Å². The first-order chi connectivity index (χ1) is 12.6. The van der Waals surface area contributed by atoms with E-state index in [4.69, 9.17) is 9.15 Å². The Balaban J connectivity index is 1.95. The van der Waals surface area contributed by atoms with Crippen molar-refractivity contribution in [2.75, 3.05) is 6.61 Å². The van der Waals surface area contributed by atoms with Gasteiger partial charge in [0.1, 0.15) is 0 Å². The number of hydrogen-bond acceptors (Lipinski definition) is 3. The van der Waals surface area contributed by atoms with E-state index in [1.165, 1.54) is 6.07 Å². The zero-order valence-corrected chi connectivity index (χ0v) is 15.1. The summed E-state index contributed by atoms with van der Waals surface area (Å²) in [6, 6.07) is 6.42. The van der Waals surface area contributed by atoms with Gasteiger partial charge in [-0.3, -0.25) is 0 Å². The third-order valence-corrected chi connectivity index (χ3v) is 4.68. The maximum Gasteiger partial charge on any atom is 0.208 e. The Morgan fingerprint density at radius 1 is 0.962 bits per heavy atom. The molecule has 0 fully saturated rings. The fraction of sp³-hybridized carbons (Fsp3) is 0.429. The number of aliphatic hydroxyl groups excluding tert-OH is 1. The molecule has 5 heteroatoms. The van der Waals surface area contributed by atoms with Gasteiger partial charge in [-0.05, 0) is 31.0 Å². The van der Waals surface area contributed by atoms with Crippen molar-refractivity contribution in [1.29, 1.82) is 0 Å². The highest BCUT2D eigenvalue weighted by Crippen LogP contribution is 2.37. The van der Waals surface area contributed by atoms with Crippen LogP contribution >= 0.6 is 0 Å². The number of halogens is 2. The van der Waals surface area contributed by atoms with E-state index in [1.54, 1.807) is 25.1 Å². The number of ether oxygens (including phenoxy) is 1. The fourth-order valence-corrected chi connectivity index (χ4v) is 3.13. The standard InChI is InChI=1S/C21H24F2O3/c1-3-5-6-7-12-25-17-11-10-14-13-8-9-15(16(24)4-2)18(22)20(13)26-21(14)19(17)23/h8-11,16,24H,3-7,12H2,1-2H3/t16-/m1/s1. The molecular weight excluding hydrogens is 338 g/mol. The van der Waals surface area contributed by atoms with Gasteiger partial charge in [-0.2, -0.15) is 4.39 Å². The summed E-state index contributed by atoms with van der Waals surface area (Å²) >= 11 is 0. The van der Waals surface area contributed by atoms with Crippen LogP contribution in [-0.4, -0.2) is 11.7 Å². The lowest BCUT2D eigenvalue weighted by atomic mass is 10.0. The molecule has 0 radical (unpaired) electrons. The molecule has 0 saturated heterocycles. The van der Waals surface area contributed by atoms with Crippen molar-refractivity contribution < 1.29 is 23.0 Å². The van der Waals surface area contributed by atoms with Crippen molar-refractivity contribution in [3.8, 4) is 5.75 Å². The minimum atomic E-state index is -0.917. The third-order valence-electron chi connectivity index (χ3n) is 4.68. The molecule has 0 aliphatic carbocycles. The summed E-state index contributed by atoms with van der Waals surface area (Å²) < 4.78 is 40.5. The van der Waals surface area contributed by atoms with Crippen LogP contribution in [0.15, 0.2) is 28.7 Å². The monoisotopic (exact) mass is 362 g/mol. The molecule has 1 aromatic heterocycles. The highest BCUT2D eigenvalue weighted by Gasteiger charge is 2.21. The molecule has 0 bridgehead atoms. The minimum absolute atomic E-state index is 0.0203. The van der Waals surface area contributed by atoms with Crippen LogP contribution in [0, 0.1) is 11.6 Å². The van der Waals surface area contributed by atoms with Gasteiger partial charge in [0.15, 0.2) is 22.7 Å². The van der Waals surface area contributed by atoms with Gasteiger partial charge in [-0.25, -0.2) is 4.39 Å². The summed E-state index contributed by atoms with van der Waals surface area (Å²) in [7, 11) is 0. The summed E-state index contributed by atoms with van der Waals surface area (Å²) in [5, 5.41) is 10.9. The second kappa shape index (κ2) is 8.04. The quantitative estimate of drug-likeness (QED) is 0.480. The zero-order valence-electron chi connectivity index (χ0n) is 15.1. The highest BCUT2D eigenvalue weighted by molar-refractivity contribution is 6.05. The molecule has 140 valence electrons. The highest BCUT2D eigenvalue weighted by atomic mass is 19.1. The first-order valence-electron chi connectivity index (χ1n) is 9.22. The number of hydrogen-bond donors (Lipinski definition) is 1. The molecule has 3 nitrogen and oxygen atoms in total. The lowest BCUT2D eigenvalue weighted by molar-refractivity contribution is 0.169. The van der Waals surface area contributed by atoms with Crippen molar-refractivity contribution in [2.45, 2.75) is 52.1 Å². The largest absolute Gasteiger partial charge is 0.490 e. The van der Waals surface area contributed by atoms with E-state index in [0.29, 0.717) is 23.8 Å². The number of furan rings is 1. The van der Waals surface area contributed by atoms with E-state index < -0.39 is 17.7 Å². The number of fused-ring (bicyclic) bond motifs is 3. The number of rotatable bonds is 8. The summed E-state index contributed by atoms with van der Waals surface area (Å²) in [4.78, 5) is 0. The van der Waals surface area contributed by atoms with Crippen molar-refractivity contribution >= 4 is 21.9 Å². The van der Waals surface area contributed by atoms with Crippen molar-refractivity contribution in [3.05, 3.63) is 41.5 Å². The van der Waals surface area contributed by atoms with Crippen LogP contribution < -0.4 is 4.74 Å². The molecule has 0 aliphatic rings. The molecule has 0 unspecified atom stereocenters. The van der Waals surface area contributed by atoms with E-state index in [0.717, 1.165) is 25.7 Å². The van der Waals surface area contributed by atoms with Gasteiger partial charge in [-0.15, -0.1) is 0 Å². The third kappa shape index (κ3) is 3.40. The van der Waals surface area contributed by atoms with E-state index in [1.807, 2.05) is 0 Å². The smallest absolute Gasteiger partial charge is 0.208 e. The van der Waals surface area contributed by atoms with Crippen LogP contribution in [0.25, 0.3) is 21.9 Å². The van der Waals surface area contributed by atoms with Gasteiger partial charge >= 0.3 is 0 Å². The van der Waals surface area contributed by atoms with E-state index in [9.17, 15) is 13.9 Å². The molecule has 1 heterocycles. The Morgan fingerprint density at radius 2 is 1.65 bits per heavy atom. The van der Waals surface area contributed by atoms with Crippen LogP contribution in [-0.2, 0) is 0 Å². The zero-order chi connectivity index (χ0) is 18.7. The van der Waals surface area contributed by atoms with Gasteiger partial charge in [0.25, 0.3) is 0 Å². The second-order valence-corrected chi connectivity index (χ2v) is 6.54. The van der Waals surface area contributed by atoms with Gasteiger partial charge < -0.3 is 14.3 Å².